The van der Waals surface area contributed by atoms with Crippen LogP contribution in [0.5, 0.6) is 0 Å². The number of aliphatic hydroxyl groups excluding tert-OH is 1. The summed E-state index contributed by atoms with van der Waals surface area (Å²) in [5.74, 6) is 0.418. The molecule has 0 aromatic rings. The normalized spacial score (nSPS) is 24.9. The van der Waals surface area contributed by atoms with Crippen LogP contribution in [0.2, 0.25) is 0 Å². The Morgan fingerprint density at radius 2 is 2.23 bits per heavy atom. The largest absolute Gasteiger partial charge is 0.393 e. The van der Waals surface area contributed by atoms with Gasteiger partial charge in [0, 0.05) is 12.5 Å². The molecule has 0 saturated carbocycles. The highest BCUT2D eigenvalue weighted by Crippen LogP contribution is 2.20. The first-order valence-corrected chi connectivity index (χ1v) is 5.60. The molecule has 0 spiro atoms. The highest BCUT2D eigenvalue weighted by molar-refractivity contribution is 4.72. The van der Waals surface area contributed by atoms with E-state index in [1.165, 1.54) is 25.7 Å². The zero-order chi connectivity index (χ0) is 9.52. The molecule has 0 amide bonds. The lowest BCUT2D eigenvalue weighted by Crippen LogP contribution is -2.20. The van der Waals surface area contributed by atoms with Crippen molar-refractivity contribution >= 4 is 0 Å². The van der Waals surface area contributed by atoms with E-state index in [1.807, 2.05) is 0 Å². The fourth-order valence-electron chi connectivity index (χ4n) is 1.87. The highest BCUT2D eigenvalue weighted by Gasteiger charge is 2.23. The first kappa shape index (κ1) is 11.0. The van der Waals surface area contributed by atoms with Crippen molar-refractivity contribution in [2.75, 3.05) is 13.2 Å². The Morgan fingerprint density at radius 3 is 2.85 bits per heavy atom. The maximum atomic E-state index is 9.77. The van der Waals surface area contributed by atoms with Crippen molar-refractivity contribution < 1.29 is 9.84 Å². The molecule has 2 unspecified atom stereocenters. The van der Waals surface area contributed by atoms with E-state index in [-0.39, 0.29) is 6.10 Å². The number of ether oxygens (including phenoxy) is 1. The summed E-state index contributed by atoms with van der Waals surface area (Å²) in [5, 5.41) is 9.77. The van der Waals surface area contributed by atoms with Crippen LogP contribution in [0.3, 0.4) is 0 Å². The summed E-state index contributed by atoms with van der Waals surface area (Å²) in [6.07, 6.45) is 6.91. The molecule has 0 aromatic heterocycles. The van der Waals surface area contributed by atoms with E-state index >= 15 is 0 Å². The van der Waals surface area contributed by atoms with Crippen molar-refractivity contribution in [3.8, 4) is 0 Å². The molecule has 2 atom stereocenters. The Morgan fingerprint density at radius 1 is 1.38 bits per heavy atom. The molecule has 13 heavy (non-hydrogen) atoms. The number of rotatable bonds is 6. The second kappa shape index (κ2) is 6.39. The van der Waals surface area contributed by atoms with Gasteiger partial charge in [0.1, 0.15) is 0 Å². The molecule has 1 fully saturated rings. The third kappa shape index (κ3) is 4.10. The fourth-order valence-corrected chi connectivity index (χ4v) is 1.87. The average molecular weight is 186 g/mol. The molecule has 1 aliphatic heterocycles. The lowest BCUT2D eigenvalue weighted by molar-refractivity contribution is 0.0826. The van der Waals surface area contributed by atoms with Crippen LogP contribution in [-0.4, -0.2) is 24.4 Å². The van der Waals surface area contributed by atoms with Crippen LogP contribution < -0.4 is 0 Å². The van der Waals surface area contributed by atoms with Crippen molar-refractivity contribution in [2.45, 2.75) is 51.6 Å². The van der Waals surface area contributed by atoms with Crippen molar-refractivity contribution in [2.24, 2.45) is 5.92 Å². The minimum atomic E-state index is -0.112. The number of hydrogen-bond donors (Lipinski definition) is 1. The minimum absolute atomic E-state index is 0.112. The van der Waals surface area contributed by atoms with E-state index in [1.54, 1.807) is 0 Å². The van der Waals surface area contributed by atoms with Crippen molar-refractivity contribution in [3.05, 3.63) is 0 Å². The van der Waals surface area contributed by atoms with Crippen LogP contribution >= 0.6 is 0 Å². The molecule has 0 aliphatic carbocycles. The predicted octanol–water partition coefficient (Wildman–Crippen LogP) is 2.35. The second-order valence-electron chi connectivity index (χ2n) is 4.04. The number of hydrogen-bond acceptors (Lipinski definition) is 2. The first-order valence-electron chi connectivity index (χ1n) is 5.60. The molecule has 1 heterocycles. The van der Waals surface area contributed by atoms with Gasteiger partial charge in [-0.25, -0.2) is 0 Å². The predicted molar refractivity (Wildman–Crippen MR) is 53.7 cm³/mol. The van der Waals surface area contributed by atoms with E-state index in [9.17, 15) is 5.11 Å². The number of aliphatic hydroxyl groups is 1. The van der Waals surface area contributed by atoms with Gasteiger partial charge in [-0.3, -0.25) is 0 Å². The van der Waals surface area contributed by atoms with E-state index in [0.29, 0.717) is 5.92 Å². The smallest absolute Gasteiger partial charge is 0.0591 e. The Labute approximate surface area is 81.3 Å². The summed E-state index contributed by atoms with van der Waals surface area (Å²) < 4.78 is 5.25. The third-order valence-corrected chi connectivity index (χ3v) is 2.86. The van der Waals surface area contributed by atoms with Crippen LogP contribution in [0.15, 0.2) is 0 Å². The van der Waals surface area contributed by atoms with Crippen molar-refractivity contribution in [1.82, 2.24) is 0 Å². The molecular weight excluding hydrogens is 164 g/mol. The summed E-state index contributed by atoms with van der Waals surface area (Å²) in [6.45, 7) is 3.83. The Kier molecular flexibility index (Phi) is 5.40. The second-order valence-corrected chi connectivity index (χ2v) is 4.04. The maximum absolute atomic E-state index is 9.77. The Balaban J connectivity index is 1.99. The third-order valence-electron chi connectivity index (χ3n) is 2.86. The molecule has 2 nitrogen and oxygen atoms in total. The van der Waals surface area contributed by atoms with Crippen LogP contribution in [-0.2, 0) is 4.74 Å². The molecular formula is C11H22O2. The van der Waals surface area contributed by atoms with Gasteiger partial charge in [-0.15, -0.1) is 0 Å². The molecule has 1 saturated heterocycles. The molecule has 1 rings (SSSR count). The van der Waals surface area contributed by atoms with Gasteiger partial charge in [-0.2, -0.15) is 0 Å². The van der Waals surface area contributed by atoms with Gasteiger partial charge in [0.15, 0.2) is 0 Å². The summed E-state index contributed by atoms with van der Waals surface area (Å²) in [6, 6.07) is 0. The zero-order valence-corrected chi connectivity index (χ0v) is 8.67. The molecule has 0 aromatic carbocycles. The standard InChI is InChI=1S/C11H22O2/c1-2-3-4-5-6-11(12)10-7-8-13-9-10/h10-12H,2-9H2,1H3. The summed E-state index contributed by atoms with van der Waals surface area (Å²) in [4.78, 5) is 0. The Hall–Kier alpha value is -0.0800. The van der Waals surface area contributed by atoms with Gasteiger partial charge in [0.2, 0.25) is 0 Å². The fraction of sp³-hybridized carbons (Fsp3) is 1.00. The van der Waals surface area contributed by atoms with E-state index in [0.717, 1.165) is 26.1 Å². The molecule has 0 bridgehead atoms. The van der Waals surface area contributed by atoms with Gasteiger partial charge >= 0.3 is 0 Å². The van der Waals surface area contributed by atoms with Crippen LogP contribution in [0, 0.1) is 5.92 Å². The highest BCUT2D eigenvalue weighted by atomic mass is 16.5. The van der Waals surface area contributed by atoms with Crippen LogP contribution in [0.4, 0.5) is 0 Å². The minimum Gasteiger partial charge on any atom is -0.393 e. The van der Waals surface area contributed by atoms with Gasteiger partial charge in [-0.1, -0.05) is 32.6 Å². The van der Waals surface area contributed by atoms with Crippen LogP contribution in [0.1, 0.15) is 45.4 Å². The topological polar surface area (TPSA) is 29.5 Å². The molecule has 78 valence electrons. The van der Waals surface area contributed by atoms with E-state index in [4.69, 9.17) is 4.74 Å². The summed E-state index contributed by atoms with van der Waals surface area (Å²) >= 11 is 0. The Bertz CT molecular complexity index is 119. The van der Waals surface area contributed by atoms with Crippen LogP contribution in [0.25, 0.3) is 0 Å². The van der Waals surface area contributed by atoms with Gasteiger partial charge < -0.3 is 9.84 Å². The maximum Gasteiger partial charge on any atom is 0.0591 e. The quantitative estimate of drug-likeness (QED) is 0.645. The lowest BCUT2D eigenvalue weighted by atomic mass is 9.97. The van der Waals surface area contributed by atoms with E-state index < -0.39 is 0 Å². The lowest BCUT2D eigenvalue weighted by Gasteiger charge is -2.15. The van der Waals surface area contributed by atoms with E-state index in [2.05, 4.69) is 6.92 Å². The molecule has 1 N–H and O–H groups in total. The van der Waals surface area contributed by atoms with Gasteiger partial charge in [0.05, 0.1) is 12.7 Å². The molecule has 0 radical (unpaired) electrons. The average Bonchev–Trinajstić information content (AvgIpc) is 2.65. The SMILES string of the molecule is CCCCCCC(O)C1CCOC1. The van der Waals surface area contributed by atoms with Crippen molar-refractivity contribution in [3.63, 3.8) is 0 Å². The summed E-state index contributed by atoms with van der Waals surface area (Å²) in [7, 11) is 0. The first-order chi connectivity index (χ1) is 6.34. The molecule has 2 heteroatoms. The van der Waals surface area contributed by atoms with Gasteiger partial charge in [0.25, 0.3) is 0 Å². The zero-order valence-electron chi connectivity index (χ0n) is 8.67. The monoisotopic (exact) mass is 186 g/mol. The van der Waals surface area contributed by atoms with Crippen molar-refractivity contribution in [1.29, 1.82) is 0 Å². The van der Waals surface area contributed by atoms with Gasteiger partial charge in [-0.05, 0) is 12.8 Å². The molecule has 1 aliphatic rings. The summed E-state index contributed by atoms with van der Waals surface area (Å²) in [5.41, 5.74) is 0. The number of unbranched alkanes of at least 4 members (excludes halogenated alkanes) is 3.